The zero-order chi connectivity index (χ0) is 20.0. The van der Waals surface area contributed by atoms with Crippen LogP contribution in [-0.2, 0) is 16.7 Å². The SMILES string of the molecule is CC[C@]1(C)C[C@@](CCNCc2ccc(OC)cc2)(c2ccc(F)cc2)CCO1. The van der Waals surface area contributed by atoms with Gasteiger partial charge in [-0.3, -0.25) is 0 Å². The van der Waals surface area contributed by atoms with Crippen LogP contribution in [0.2, 0.25) is 0 Å². The molecule has 152 valence electrons. The van der Waals surface area contributed by atoms with Crippen molar-refractivity contribution >= 4 is 0 Å². The van der Waals surface area contributed by atoms with Crippen LogP contribution in [0.4, 0.5) is 4.39 Å². The third-order valence-corrected chi connectivity index (χ3v) is 6.22. The Bertz CT molecular complexity index is 746. The Hall–Kier alpha value is -1.91. The molecule has 1 heterocycles. The molecule has 0 saturated carbocycles. The van der Waals surface area contributed by atoms with Gasteiger partial charge in [0.15, 0.2) is 0 Å². The van der Waals surface area contributed by atoms with Crippen molar-refractivity contribution in [1.29, 1.82) is 0 Å². The first-order chi connectivity index (χ1) is 13.5. The summed E-state index contributed by atoms with van der Waals surface area (Å²) >= 11 is 0. The van der Waals surface area contributed by atoms with Gasteiger partial charge in [-0.05, 0) is 74.5 Å². The molecule has 3 rings (SSSR count). The summed E-state index contributed by atoms with van der Waals surface area (Å²) in [6, 6.07) is 15.2. The average Bonchev–Trinajstić information content (AvgIpc) is 2.72. The molecule has 0 bridgehead atoms. The van der Waals surface area contributed by atoms with Crippen LogP contribution in [0.25, 0.3) is 0 Å². The van der Waals surface area contributed by atoms with Crippen molar-refractivity contribution in [3.05, 3.63) is 65.5 Å². The Labute approximate surface area is 168 Å². The number of benzene rings is 2. The van der Waals surface area contributed by atoms with Crippen LogP contribution in [-0.4, -0.2) is 25.9 Å². The van der Waals surface area contributed by atoms with E-state index in [1.54, 1.807) is 19.2 Å². The molecule has 2 aromatic carbocycles. The molecule has 28 heavy (non-hydrogen) atoms. The summed E-state index contributed by atoms with van der Waals surface area (Å²) in [5.74, 6) is 0.696. The van der Waals surface area contributed by atoms with Crippen molar-refractivity contribution in [2.75, 3.05) is 20.3 Å². The monoisotopic (exact) mass is 385 g/mol. The summed E-state index contributed by atoms with van der Waals surface area (Å²) in [4.78, 5) is 0. The molecular formula is C24H32FNO2. The largest absolute Gasteiger partial charge is 0.497 e. The van der Waals surface area contributed by atoms with Crippen LogP contribution in [0.5, 0.6) is 5.75 Å². The Morgan fingerprint density at radius 3 is 2.46 bits per heavy atom. The number of ether oxygens (including phenoxy) is 2. The van der Waals surface area contributed by atoms with E-state index in [4.69, 9.17) is 9.47 Å². The molecule has 0 unspecified atom stereocenters. The standard InChI is InChI=1S/C24H32FNO2/c1-4-23(2)18-24(14-16-28-23,20-7-9-21(25)10-8-20)13-15-26-17-19-5-11-22(27-3)12-6-19/h5-12,26H,4,13-18H2,1-3H3/t23-,24+/m1/s1. The molecule has 1 aliphatic rings. The van der Waals surface area contributed by atoms with Crippen LogP contribution in [0.15, 0.2) is 48.5 Å². The molecule has 1 N–H and O–H groups in total. The summed E-state index contributed by atoms with van der Waals surface area (Å²) in [5.41, 5.74) is 2.36. The molecule has 1 aliphatic heterocycles. The second kappa shape index (κ2) is 9.06. The molecule has 0 radical (unpaired) electrons. The van der Waals surface area contributed by atoms with Crippen LogP contribution in [0.1, 0.15) is 50.7 Å². The fourth-order valence-corrected chi connectivity index (χ4v) is 4.29. The van der Waals surface area contributed by atoms with E-state index in [-0.39, 0.29) is 16.8 Å². The molecule has 2 atom stereocenters. The van der Waals surface area contributed by atoms with E-state index in [9.17, 15) is 4.39 Å². The number of nitrogens with one attached hydrogen (secondary N) is 1. The third-order valence-electron chi connectivity index (χ3n) is 6.22. The molecule has 0 spiro atoms. The van der Waals surface area contributed by atoms with E-state index in [0.717, 1.165) is 51.1 Å². The van der Waals surface area contributed by atoms with Crippen molar-refractivity contribution in [3.8, 4) is 5.75 Å². The van der Waals surface area contributed by atoms with Gasteiger partial charge >= 0.3 is 0 Å². The minimum atomic E-state index is -0.179. The van der Waals surface area contributed by atoms with Crippen LogP contribution < -0.4 is 10.1 Å². The fourth-order valence-electron chi connectivity index (χ4n) is 4.29. The van der Waals surface area contributed by atoms with Gasteiger partial charge in [-0.1, -0.05) is 31.2 Å². The minimum Gasteiger partial charge on any atom is -0.497 e. The smallest absolute Gasteiger partial charge is 0.123 e. The number of hydrogen-bond acceptors (Lipinski definition) is 3. The Kier molecular flexibility index (Phi) is 6.73. The Balaban J connectivity index is 1.68. The first kappa shape index (κ1) is 20.8. The van der Waals surface area contributed by atoms with E-state index < -0.39 is 0 Å². The van der Waals surface area contributed by atoms with Crippen molar-refractivity contribution in [3.63, 3.8) is 0 Å². The predicted molar refractivity (Wildman–Crippen MR) is 111 cm³/mol. The van der Waals surface area contributed by atoms with E-state index in [1.807, 2.05) is 24.3 Å². The van der Waals surface area contributed by atoms with Gasteiger partial charge in [0.1, 0.15) is 11.6 Å². The van der Waals surface area contributed by atoms with Gasteiger partial charge in [-0.15, -0.1) is 0 Å². The van der Waals surface area contributed by atoms with Crippen molar-refractivity contribution in [2.24, 2.45) is 0 Å². The van der Waals surface area contributed by atoms with E-state index in [0.29, 0.717) is 0 Å². The lowest BCUT2D eigenvalue weighted by Gasteiger charge is -2.47. The summed E-state index contributed by atoms with van der Waals surface area (Å²) in [7, 11) is 1.68. The van der Waals surface area contributed by atoms with Crippen molar-refractivity contribution in [1.82, 2.24) is 5.32 Å². The molecule has 4 heteroatoms. The highest BCUT2D eigenvalue weighted by molar-refractivity contribution is 5.28. The lowest BCUT2D eigenvalue weighted by Crippen LogP contribution is -2.46. The molecule has 0 aliphatic carbocycles. The summed E-state index contributed by atoms with van der Waals surface area (Å²) in [5, 5.41) is 3.58. The zero-order valence-electron chi connectivity index (χ0n) is 17.3. The summed E-state index contributed by atoms with van der Waals surface area (Å²) in [6.45, 7) is 6.87. The lowest BCUT2D eigenvalue weighted by atomic mass is 9.66. The predicted octanol–water partition coefficient (Wildman–Crippen LogP) is 5.23. The van der Waals surface area contributed by atoms with Gasteiger partial charge in [-0.25, -0.2) is 4.39 Å². The highest BCUT2D eigenvalue weighted by Crippen LogP contribution is 2.45. The maximum Gasteiger partial charge on any atom is 0.123 e. The number of hydrogen-bond donors (Lipinski definition) is 1. The van der Waals surface area contributed by atoms with Gasteiger partial charge in [0.25, 0.3) is 0 Å². The van der Waals surface area contributed by atoms with Gasteiger partial charge in [0.2, 0.25) is 0 Å². The summed E-state index contributed by atoms with van der Waals surface area (Å²) in [6.07, 6.45) is 3.92. The van der Waals surface area contributed by atoms with E-state index in [1.165, 1.54) is 11.1 Å². The molecule has 0 amide bonds. The Morgan fingerprint density at radius 2 is 1.82 bits per heavy atom. The third kappa shape index (κ3) is 4.92. The first-order valence-electron chi connectivity index (χ1n) is 10.2. The molecular weight excluding hydrogens is 353 g/mol. The van der Waals surface area contributed by atoms with Gasteiger partial charge in [0, 0.05) is 18.6 Å². The maximum atomic E-state index is 13.5. The second-order valence-corrected chi connectivity index (χ2v) is 8.14. The normalized spacial score (nSPS) is 24.9. The average molecular weight is 386 g/mol. The zero-order valence-corrected chi connectivity index (χ0v) is 17.3. The second-order valence-electron chi connectivity index (χ2n) is 8.14. The maximum absolute atomic E-state index is 13.5. The van der Waals surface area contributed by atoms with E-state index in [2.05, 4.69) is 31.3 Å². The topological polar surface area (TPSA) is 30.5 Å². The minimum absolute atomic E-state index is 0.0175. The molecule has 1 fully saturated rings. The number of halogens is 1. The molecule has 3 nitrogen and oxygen atoms in total. The van der Waals surface area contributed by atoms with Gasteiger partial charge in [-0.2, -0.15) is 0 Å². The highest BCUT2D eigenvalue weighted by Gasteiger charge is 2.43. The number of methoxy groups -OCH3 is 1. The van der Waals surface area contributed by atoms with Gasteiger partial charge in [0.05, 0.1) is 12.7 Å². The van der Waals surface area contributed by atoms with Crippen molar-refractivity contribution < 1.29 is 13.9 Å². The lowest BCUT2D eigenvalue weighted by molar-refractivity contribution is -0.0979. The number of rotatable bonds is 8. The molecule has 2 aromatic rings. The quantitative estimate of drug-likeness (QED) is 0.631. The van der Waals surface area contributed by atoms with Crippen LogP contribution in [0, 0.1) is 5.82 Å². The molecule has 0 aromatic heterocycles. The van der Waals surface area contributed by atoms with Crippen molar-refractivity contribution in [2.45, 2.75) is 57.1 Å². The van der Waals surface area contributed by atoms with Crippen LogP contribution in [0.3, 0.4) is 0 Å². The van der Waals surface area contributed by atoms with E-state index >= 15 is 0 Å². The first-order valence-corrected chi connectivity index (χ1v) is 10.2. The summed E-state index contributed by atoms with van der Waals surface area (Å²) < 4.78 is 24.8. The molecule has 1 saturated heterocycles. The Morgan fingerprint density at radius 1 is 1.11 bits per heavy atom. The van der Waals surface area contributed by atoms with Crippen LogP contribution >= 0.6 is 0 Å². The van der Waals surface area contributed by atoms with Gasteiger partial charge < -0.3 is 14.8 Å². The highest BCUT2D eigenvalue weighted by atomic mass is 19.1. The fraction of sp³-hybridized carbons (Fsp3) is 0.500.